The van der Waals surface area contributed by atoms with Gasteiger partial charge in [0.15, 0.2) is 0 Å². The summed E-state index contributed by atoms with van der Waals surface area (Å²) in [4.78, 5) is 27.8. The number of piperazine rings is 1. The van der Waals surface area contributed by atoms with Gasteiger partial charge < -0.3 is 14.5 Å². The van der Waals surface area contributed by atoms with Gasteiger partial charge in [0.05, 0.1) is 16.5 Å². The van der Waals surface area contributed by atoms with E-state index in [1.807, 2.05) is 0 Å². The van der Waals surface area contributed by atoms with E-state index >= 15 is 0 Å². The molecule has 2 saturated heterocycles. The normalized spacial score (nSPS) is 19.0. The Labute approximate surface area is 180 Å². The SMILES string of the molecule is CCOC(=O)N1CCN(C(=O)C2CCN(S(=O)(=O)c3ccc(F)c(Cl)c3)CC2)CC1. The molecule has 30 heavy (non-hydrogen) atoms. The van der Waals surface area contributed by atoms with E-state index in [0.717, 1.165) is 12.1 Å². The second-order valence-electron chi connectivity index (χ2n) is 7.27. The van der Waals surface area contributed by atoms with E-state index in [9.17, 15) is 22.4 Å². The maximum Gasteiger partial charge on any atom is 0.409 e. The molecule has 0 unspecified atom stereocenters. The minimum absolute atomic E-state index is 0.0135. The Kier molecular flexibility index (Phi) is 7.20. The summed E-state index contributed by atoms with van der Waals surface area (Å²) in [5, 5.41) is -0.247. The highest BCUT2D eigenvalue weighted by Crippen LogP contribution is 2.27. The molecule has 0 saturated carbocycles. The largest absolute Gasteiger partial charge is 0.450 e. The first-order chi connectivity index (χ1) is 14.2. The molecule has 1 aromatic rings. The molecule has 0 N–H and O–H groups in total. The number of hydrogen-bond acceptors (Lipinski definition) is 5. The molecule has 2 amide bonds. The van der Waals surface area contributed by atoms with Gasteiger partial charge in [-0.3, -0.25) is 4.79 Å². The van der Waals surface area contributed by atoms with Crippen LogP contribution in [0.2, 0.25) is 5.02 Å². The number of hydrogen-bond donors (Lipinski definition) is 0. The number of sulfonamides is 1. The monoisotopic (exact) mass is 461 g/mol. The minimum atomic E-state index is -3.80. The van der Waals surface area contributed by atoms with Gasteiger partial charge in [0.25, 0.3) is 0 Å². The molecule has 2 aliphatic rings. The van der Waals surface area contributed by atoms with E-state index in [2.05, 4.69) is 0 Å². The van der Waals surface area contributed by atoms with Crippen LogP contribution in [0.25, 0.3) is 0 Å². The molecule has 0 aromatic heterocycles. The van der Waals surface area contributed by atoms with Crippen LogP contribution in [0.4, 0.5) is 9.18 Å². The zero-order valence-corrected chi connectivity index (χ0v) is 18.3. The molecule has 3 rings (SSSR count). The quantitative estimate of drug-likeness (QED) is 0.685. The first-order valence-electron chi connectivity index (χ1n) is 9.89. The van der Waals surface area contributed by atoms with E-state index < -0.39 is 15.8 Å². The van der Waals surface area contributed by atoms with Gasteiger partial charge >= 0.3 is 6.09 Å². The van der Waals surface area contributed by atoms with Crippen molar-refractivity contribution in [2.45, 2.75) is 24.7 Å². The van der Waals surface area contributed by atoms with Gasteiger partial charge in [-0.25, -0.2) is 17.6 Å². The van der Waals surface area contributed by atoms with Crippen LogP contribution in [0.15, 0.2) is 23.1 Å². The Morgan fingerprint density at radius 3 is 2.27 bits per heavy atom. The first-order valence-corrected chi connectivity index (χ1v) is 11.7. The average molecular weight is 462 g/mol. The summed E-state index contributed by atoms with van der Waals surface area (Å²) in [5.41, 5.74) is 0. The van der Waals surface area contributed by atoms with Crippen LogP contribution in [0.5, 0.6) is 0 Å². The second-order valence-corrected chi connectivity index (χ2v) is 9.61. The molecule has 1 aromatic carbocycles. The highest BCUT2D eigenvalue weighted by Gasteiger charge is 2.35. The molecule has 0 aliphatic carbocycles. The summed E-state index contributed by atoms with van der Waals surface area (Å²) in [5.74, 6) is -0.953. The molecule has 0 atom stereocenters. The lowest BCUT2D eigenvalue weighted by Crippen LogP contribution is -2.53. The summed E-state index contributed by atoms with van der Waals surface area (Å²) in [7, 11) is -3.80. The van der Waals surface area contributed by atoms with Crippen molar-refractivity contribution in [3.8, 4) is 0 Å². The maximum absolute atomic E-state index is 13.3. The highest BCUT2D eigenvalue weighted by atomic mass is 35.5. The van der Waals surface area contributed by atoms with Crippen LogP contribution in [-0.4, -0.2) is 80.4 Å². The lowest BCUT2D eigenvalue weighted by atomic mass is 9.96. The van der Waals surface area contributed by atoms with E-state index in [0.29, 0.717) is 45.6 Å². The summed E-state index contributed by atoms with van der Waals surface area (Å²) in [6.45, 7) is 4.17. The molecule has 0 radical (unpaired) electrons. The van der Waals surface area contributed by atoms with Crippen molar-refractivity contribution >= 4 is 33.6 Å². The standard InChI is InChI=1S/C19H25ClFN3O5S/c1-2-29-19(26)23-11-9-22(10-12-23)18(25)14-5-7-24(8-6-14)30(27,28)15-3-4-17(21)16(20)13-15/h3-4,13-14H,2,5-12H2,1H3. The summed E-state index contributed by atoms with van der Waals surface area (Å²) < 4.78 is 45.2. The van der Waals surface area contributed by atoms with Crippen molar-refractivity contribution in [3.63, 3.8) is 0 Å². The van der Waals surface area contributed by atoms with Gasteiger partial charge in [-0.15, -0.1) is 0 Å². The van der Waals surface area contributed by atoms with E-state index in [1.54, 1.807) is 16.7 Å². The smallest absolute Gasteiger partial charge is 0.409 e. The third-order valence-corrected chi connectivity index (χ3v) is 7.63. The van der Waals surface area contributed by atoms with Crippen LogP contribution in [0.1, 0.15) is 19.8 Å². The van der Waals surface area contributed by atoms with Crippen LogP contribution in [-0.2, 0) is 19.6 Å². The van der Waals surface area contributed by atoms with Gasteiger partial charge in [0.1, 0.15) is 5.82 Å². The van der Waals surface area contributed by atoms with Crippen molar-refractivity contribution in [2.75, 3.05) is 45.9 Å². The molecule has 8 nitrogen and oxygen atoms in total. The van der Waals surface area contributed by atoms with Crippen LogP contribution < -0.4 is 0 Å². The maximum atomic E-state index is 13.3. The number of carbonyl (C=O) groups excluding carboxylic acids is 2. The summed E-state index contributed by atoms with van der Waals surface area (Å²) >= 11 is 5.72. The third-order valence-electron chi connectivity index (χ3n) is 5.45. The second kappa shape index (κ2) is 9.49. The molecular weight excluding hydrogens is 437 g/mol. The minimum Gasteiger partial charge on any atom is -0.450 e. The lowest BCUT2D eigenvalue weighted by molar-refractivity contribution is -0.138. The zero-order chi connectivity index (χ0) is 21.9. The molecule has 0 spiro atoms. The van der Waals surface area contributed by atoms with Crippen LogP contribution in [0.3, 0.4) is 0 Å². The number of carbonyl (C=O) groups is 2. The number of nitrogens with zero attached hydrogens (tertiary/aromatic N) is 3. The number of piperidine rings is 1. The van der Waals surface area contributed by atoms with E-state index in [4.69, 9.17) is 16.3 Å². The Morgan fingerprint density at radius 1 is 1.10 bits per heavy atom. The zero-order valence-electron chi connectivity index (χ0n) is 16.7. The number of halogens is 2. The highest BCUT2D eigenvalue weighted by molar-refractivity contribution is 7.89. The predicted molar refractivity (Wildman–Crippen MR) is 108 cm³/mol. The van der Waals surface area contributed by atoms with Crippen LogP contribution >= 0.6 is 11.6 Å². The van der Waals surface area contributed by atoms with Crippen molar-refractivity contribution in [2.24, 2.45) is 5.92 Å². The summed E-state index contributed by atoms with van der Waals surface area (Å²) in [6.07, 6.45) is 0.444. The van der Waals surface area contributed by atoms with Gasteiger partial charge in [-0.1, -0.05) is 11.6 Å². The molecule has 11 heteroatoms. The fourth-order valence-electron chi connectivity index (χ4n) is 3.71. The number of rotatable bonds is 4. The van der Waals surface area contributed by atoms with Gasteiger partial charge in [-0.2, -0.15) is 4.31 Å². The van der Waals surface area contributed by atoms with Crippen molar-refractivity contribution in [3.05, 3.63) is 29.0 Å². The topological polar surface area (TPSA) is 87.2 Å². The lowest BCUT2D eigenvalue weighted by Gasteiger charge is -2.37. The Bertz CT molecular complexity index is 897. The average Bonchev–Trinajstić information content (AvgIpc) is 2.75. The van der Waals surface area contributed by atoms with Crippen LogP contribution in [0, 0.1) is 11.7 Å². The molecule has 2 aliphatic heterocycles. The molecule has 2 fully saturated rings. The van der Waals surface area contributed by atoms with Gasteiger partial charge in [0, 0.05) is 45.2 Å². The third kappa shape index (κ3) is 4.87. The fourth-order valence-corrected chi connectivity index (χ4v) is 5.45. The molecular formula is C19H25ClFN3O5S. The summed E-state index contributed by atoms with van der Waals surface area (Å²) in [6, 6.07) is 3.32. The van der Waals surface area contributed by atoms with Crippen molar-refractivity contribution in [1.29, 1.82) is 0 Å². The van der Waals surface area contributed by atoms with Gasteiger partial charge in [0.2, 0.25) is 15.9 Å². The van der Waals surface area contributed by atoms with E-state index in [-0.39, 0.29) is 40.9 Å². The molecule has 0 bridgehead atoms. The Morgan fingerprint density at radius 2 is 1.70 bits per heavy atom. The number of benzene rings is 1. The Balaban J connectivity index is 1.54. The fraction of sp³-hybridized carbons (Fsp3) is 0.579. The first kappa shape index (κ1) is 22.8. The van der Waals surface area contributed by atoms with Gasteiger partial charge in [-0.05, 0) is 38.0 Å². The Hall–Kier alpha value is -1.91. The van der Waals surface area contributed by atoms with Crippen molar-refractivity contribution in [1.82, 2.24) is 14.1 Å². The predicted octanol–water partition coefficient (Wildman–Crippen LogP) is 2.18. The molecule has 2 heterocycles. The number of amides is 2. The molecule has 166 valence electrons. The van der Waals surface area contributed by atoms with E-state index in [1.165, 1.54) is 10.4 Å². The van der Waals surface area contributed by atoms with Crippen molar-refractivity contribution < 1.29 is 27.1 Å². The number of ether oxygens (including phenoxy) is 1.